The van der Waals surface area contributed by atoms with E-state index < -0.39 is 14.6 Å². The van der Waals surface area contributed by atoms with Crippen molar-refractivity contribution in [3.8, 4) is 11.1 Å². The fourth-order valence-electron chi connectivity index (χ4n) is 3.05. The molecule has 2 aromatic heterocycles. The SMILES string of the molecule is CCNc1cc(-c2c[nH]c(C(=O)N[C@H](COCOP(O)O)c3cccc(Cl)c3)c2)c(Cl)cn1. The first-order valence-electron chi connectivity index (χ1n) is 9.90. The molecule has 0 aliphatic heterocycles. The lowest BCUT2D eigenvalue weighted by molar-refractivity contribution is -0.00135. The normalized spacial score (nSPS) is 12.1. The van der Waals surface area contributed by atoms with Gasteiger partial charge in [0.25, 0.3) is 5.91 Å². The van der Waals surface area contributed by atoms with E-state index in [4.69, 9.17) is 37.7 Å². The van der Waals surface area contributed by atoms with Gasteiger partial charge in [-0.25, -0.2) is 4.98 Å². The summed E-state index contributed by atoms with van der Waals surface area (Å²) in [4.78, 5) is 37.8. The summed E-state index contributed by atoms with van der Waals surface area (Å²) in [5, 5.41) is 6.98. The van der Waals surface area contributed by atoms with Crippen LogP contribution in [0, 0.1) is 0 Å². The van der Waals surface area contributed by atoms with E-state index >= 15 is 0 Å². The molecule has 0 unspecified atom stereocenters. The maximum absolute atomic E-state index is 13.0. The average molecular weight is 513 g/mol. The van der Waals surface area contributed by atoms with Crippen molar-refractivity contribution in [2.75, 3.05) is 25.3 Å². The van der Waals surface area contributed by atoms with Crippen LogP contribution >= 0.6 is 31.8 Å². The van der Waals surface area contributed by atoms with Crippen LogP contribution in [-0.4, -0.2) is 45.6 Å². The van der Waals surface area contributed by atoms with Crippen LogP contribution < -0.4 is 10.6 Å². The van der Waals surface area contributed by atoms with Crippen LogP contribution in [0.1, 0.15) is 29.0 Å². The number of halogens is 2. The fourth-order valence-corrected chi connectivity index (χ4v) is 3.63. The van der Waals surface area contributed by atoms with Gasteiger partial charge in [0.05, 0.1) is 17.7 Å². The lowest BCUT2D eigenvalue weighted by Gasteiger charge is -2.19. The number of benzene rings is 1. The third-order valence-corrected chi connectivity index (χ3v) is 5.42. The Balaban J connectivity index is 1.76. The van der Waals surface area contributed by atoms with Crippen LogP contribution in [0.15, 0.2) is 48.8 Å². The lowest BCUT2D eigenvalue weighted by atomic mass is 10.1. The Bertz CT molecular complexity index is 1080. The van der Waals surface area contributed by atoms with E-state index in [2.05, 4.69) is 25.1 Å². The van der Waals surface area contributed by atoms with E-state index in [1.165, 1.54) is 0 Å². The van der Waals surface area contributed by atoms with Crippen molar-refractivity contribution in [3.05, 3.63) is 70.1 Å². The van der Waals surface area contributed by atoms with E-state index in [-0.39, 0.29) is 19.3 Å². The molecule has 1 aromatic carbocycles. The van der Waals surface area contributed by atoms with Gasteiger partial charge in [0.15, 0.2) is 6.79 Å². The Morgan fingerprint density at radius 2 is 2.09 bits per heavy atom. The Kier molecular flexibility index (Phi) is 9.46. The number of aromatic amines is 1. The number of H-pyrrole nitrogens is 1. The van der Waals surface area contributed by atoms with Crippen molar-refractivity contribution < 1.29 is 23.8 Å². The molecule has 3 rings (SSSR count). The molecule has 176 valence electrons. The van der Waals surface area contributed by atoms with Crippen LogP contribution in [0.5, 0.6) is 0 Å². The predicted octanol–water partition coefficient (Wildman–Crippen LogP) is 4.49. The number of pyridine rings is 1. The molecule has 0 radical (unpaired) electrons. The number of amides is 1. The Morgan fingerprint density at radius 1 is 1.27 bits per heavy atom. The molecule has 0 fully saturated rings. The minimum absolute atomic E-state index is 0.0189. The quantitative estimate of drug-likeness (QED) is 0.145. The predicted molar refractivity (Wildman–Crippen MR) is 128 cm³/mol. The highest BCUT2D eigenvalue weighted by molar-refractivity contribution is 7.39. The molecule has 0 aliphatic rings. The number of rotatable bonds is 11. The minimum atomic E-state index is -2.53. The first-order valence-corrected chi connectivity index (χ1v) is 11.8. The molecule has 9 nitrogen and oxygen atoms in total. The van der Waals surface area contributed by atoms with Gasteiger partial charge in [-0.2, -0.15) is 0 Å². The molecule has 0 spiro atoms. The third-order valence-electron chi connectivity index (χ3n) is 4.54. The van der Waals surface area contributed by atoms with E-state index in [0.717, 1.165) is 11.1 Å². The summed E-state index contributed by atoms with van der Waals surface area (Å²) in [6.07, 6.45) is 3.25. The number of hydrogen-bond donors (Lipinski definition) is 5. The van der Waals surface area contributed by atoms with Gasteiger partial charge in [-0.1, -0.05) is 35.3 Å². The topological polar surface area (TPSA) is 129 Å². The molecular weight excluding hydrogens is 490 g/mol. The summed E-state index contributed by atoms with van der Waals surface area (Å²) >= 11 is 12.4. The number of ether oxygens (including phenoxy) is 1. The van der Waals surface area contributed by atoms with Gasteiger partial charge < -0.3 is 30.1 Å². The molecule has 1 atom stereocenters. The lowest BCUT2D eigenvalue weighted by Crippen LogP contribution is -2.32. The van der Waals surface area contributed by atoms with Gasteiger partial charge in [-0.15, -0.1) is 0 Å². The summed E-state index contributed by atoms with van der Waals surface area (Å²) in [5.41, 5.74) is 2.50. The minimum Gasteiger partial charge on any atom is -0.370 e. The Morgan fingerprint density at radius 3 is 2.82 bits per heavy atom. The monoisotopic (exact) mass is 512 g/mol. The number of carbonyl (C=O) groups excluding carboxylic acids is 1. The highest BCUT2D eigenvalue weighted by atomic mass is 35.5. The van der Waals surface area contributed by atoms with Crippen LogP contribution in [0.4, 0.5) is 5.82 Å². The molecule has 1 amide bonds. The second-order valence-electron chi connectivity index (χ2n) is 6.83. The van der Waals surface area contributed by atoms with Crippen LogP contribution in [0.25, 0.3) is 11.1 Å². The van der Waals surface area contributed by atoms with Crippen molar-refractivity contribution >= 4 is 43.5 Å². The van der Waals surface area contributed by atoms with Crippen LogP contribution in [0.3, 0.4) is 0 Å². The molecule has 33 heavy (non-hydrogen) atoms. The van der Waals surface area contributed by atoms with Crippen molar-refractivity contribution in [2.45, 2.75) is 13.0 Å². The first-order chi connectivity index (χ1) is 15.9. The zero-order chi connectivity index (χ0) is 23.8. The molecule has 0 bridgehead atoms. The van der Waals surface area contributed by atoms with Crippen molar-refractivity contribution in [1.82, 2.24) is 15.3 Å². The molecule has 5 N–H and O–H groups in total. The first kappa shape index (κ1) is 25.4. The van der Waals surface area contributed by atoms with E-state index in [1.807, 2.05) is 13.0 Å². The van der Waals surface area contributed by atoms with Crippen molar-refractivity contribution in [2.24, 2.45) is 0 Å². The smallest absolute Gasteiger partial charge is 0.329 e. The number of anilines is 1. The van der Waals surface area contributed by atoms with Gasteiger partial charge >= 0.3 is 8.60 Å². The Hall–Kier alpha value is -2.23. The molecule has 2 heterocycles. The molecule has 0 saturated heterocycles. The van der Waals surface area contributed by atoms with Gasteiger partial charge in [0, 0.05) is 35.1 Å². The third kappa shape index (κ3) is 7.38. The van der Waals surface area contributed by atoms with E-state index in [1.54, 1.807) is 42.7 Å². The molecule has 0 saturated carbocycles. The summed E-state index contributed by atoms with van der Waals surface area (Å²) < 4.78 is 9.96. The Labute approximate surface area is 202 Å². The highest BCUT2D eigenvalue weighted by Gasteiger charge is 2.19. The number of hydrogen-bond acceptors (Lipinski definition) is 7. The number of carbonyl (C=O) groups is 1. The maximum atomic E-state index is 13.0. The highest BCUT2D eigenvalue weighted by Crippen LogP contribution is 2.30. The second kappa shape index (κ2) is 12.3. The number of nitrogens with one attached hydrogen (secondary N) is 3. The summed E-state index contributed by atoms with van der Waals surface area (Å²) in [6, 6.07) is 9.92. The largest absolute Gasteiger partial charge is 0.370 e. The van der Waals surface area contributed by atoms with E-state index in [0.29, 0.717) is 33.7 Å². The zero-order valence-corrected chi connectivity index (χ0v) is 20.0. The van der Waals surface area contributed by atoms with Gasteiger partial charge in [0.2, 0.25) is 0 Å². The van der Waals surface area contributed by atoms with Gasteiger partial charge in [-0.05, 0) is 36.8 Å². The van der Waals surface area contributed by atoms with Crippen molar-refractivity contribution in [3.63, 3.8) is 0 Å². The zero-order valence-electron chi connectivity index (χ0n) is 17.6. The van der Waals surface area contributed by atoms with Gasteiger partial charge in [-0.3, -0.25) is 9.32 Å². The number of nitrogens with zero attached hydrogens (tertiary/aromatic N) is 1. The molecule has 12 heteroatoms. The molecule has 3 aromatic rings. The summed E-state index contributed by atoms with van der Waals surface area (Å²) in [7, 11) is -2.53. The molecule has 0 aliphatic carbocycles. The second-order valence-corrected chi connectivity index (χ2v) is 8.44. The average Bonchev–Trinajstić information content (AvgIpc) is 3.27. The van der Waals surface area contributed by atoms with Gasteiger partial charge in [0.1, 0.15) is 11.5 Å². The van der Waals surface area contributed by atoms with Crippen LogP contribution in [0.2, 0.25) is 10.0 Å². The van der Waals surface area contributed by atoms with E-state index in [9.17, 15) is 4.79 Å². The fraction of sp³-hybridized carbons (Fsp3) is 0.238. The van der Waals surface area contributed by atoms with Crippen LogP contribution in [-0.2, 0) is 9.26 Å². The summed E-state index contributed by atoms with van der Waals surface area (Å²) in [6.45, 7) is 2.36. The van der Waals surface area contributed by atoms with Crippen molar-refractivity contribution in [1.29, 1.82) is 0 Å². The number of aromatic nitrogens is 2. The standard InChI is InChI=1S/C21H23Cl2N4O5P/c1-2-24-20-8-16(17(23)10-26-20)14-7-18(25-9-14)21(28)27-19(11-31-12-32-33(29)30)13-4-3-5-15(22)6-13/h3-10,19,25,29-30H,2,11-12H2,1H3,(H,24,26)(H,27,28)/t19-/m1/s1. The molecular formula is C21H23Cl2N4O5P. The summed E-state index contributed by atoms with van der Waals surface area (Å²) in [5.74, 6) is 0.304. The maximum Gasteiger partial charge on any atom is 0.329 e.